The Kier molecular flexibility index (Phi) is 1.06. The first-order chi connectivity index (χ1) is 3.30. The monoisotopic (exact) mass is 94.1 g/mol. The zero-order valence-electron chi connectivity index (χ0n) is 4.86. The Hall–Kier alpha value is -0.440. The molecule has 0 saturated carbocycles. The SMILES string of the molecule is CC(C)C1C#CC1. The fourth-order valence-corrected chi connectivity index (χ4v) is 0.622. The van der Waals surface area contributed by atoms with Gasteiger partial charge in [0.15, 0.2) is 0 Å². The van der Waals surface area contributed by atoms with Crippen LogP contribution < -0.4 is 0 Å². The van der Waals surface area contributed by atoms with Gasteiger partial charge in [-0.1, -0.05) is 19.8 Å². The fraction of sp³-hybridized carbons (Fsp3) is 0.714. The van der Waals surface area contributed by atoms with Gasteiger partial charge in [-0.3, -0.25) is 0 Å². The topological polar surface area (TPSA) is 0 Å². The van der Waals surface area contributed by atoms with Crippen LogP contribution in [0.15, 0.2) is 0 Å². The van der Waals surface area contributed by atoms with E-state index in [-0.39, 0.29) is 0 Å². The summed E-state index contributed by atoms with van der Waals surface area (Å²) >= 11 is 0. The van der Waals surface area contributed by atoms with Crippen molar-refractivity contribution < 1.29 is 0 Å². The first-order valence-corrected chi connectivity index (χ1v) is 2.79. The molecule has 0 nitrogen and oxygen atoms in total. The second-order valence-corrected chi connectivity index (χ2v) is 2.38. The summed E-state index contributed by atoms with van der Waals surface area (Å²) < 4.78 is 0. The molecule has 0 bridgehead atoms. The van der Waals surface area contributed by atoms with Crippen LogP contribution in [-0.4, -0.2) is 0 Å². The van der Waals surface area contributed by atoms with Gasteiger partial charge in [-0.25, -0.2) is 0 Å². The van der Waals surface area contributed by atoms with Crippen molar-refractivity contribution in [1.29, 1.82) is 0 Å². The standard InChI is InChI=1S/C7H10/c1-6(2)7-4-3-5-7/h6-7H,4H2,1-2H3. The second kappa shape index (κ2) is 1.58. The van der Waals surface area contributed by atoms with E-state index in [0.29, 0.717) is 0 Å². The van der Waals surface area contributed by atoms with E-state index in [4.69, 9.17) is 0 Å². The van der Waals surface area contributed by atoms with Gasteiger partial charge in [0.2, 0.25) is 0 Å². The van der Waals surface area contributed by atoms with E-state index in [2.05, 4.69) is 25.7 Å². The smallest absolute Gasteiger partial charge is 0.0335 e. The number of hydrogen-bond donors (Lipinski definition) is 0. The van der Waals surface area contributed by atoms with Crippen molar-refractivity contribution in [1.82, 2.24) is 0 Å². The van der Waals surface area contributed by atoms with Gasteiger partial charge in [0, 0.05) is 12.3 Å². The van der Waals surface area contributed by atoms with Gasteiger partial charge in [0.25, 0.3) is 0 Å². The molecule has 0 heteroatoms. The molecule has 1 aliphatic rings. The maximum Gasteiger partial charge on any atom is 0.0335 e. The summed E-state index contributed by atoms with van der Waals surface area (Å²) in [5, 5.41) is 0. The average molecular weight is 94.2 g/mol. The molecule has 0 fully saturated rings. The summed E-state index contributed by atoms with van der Waals surface area (Å²) in [6, 6.07) is 0. The molecule has 0 aromatic rings. The Bertz CT molecular complexity index is 112. The van der Waals surface area contributed by atoms with E-state index in [1.165, 1.54) is 0 Å². The lowest BCUT2D eigenvalue weighted by atomic mass is 9.88. The van der Waals surface area contributed by atoms with Crippen molar-refractivity contribution in [3.63, 3.8) is 0 Å². The van der Waals surface area contributed by atoms with Gasteiger partial charge >= 0.3 is 0 Å². The fourth-order valence-electron chi connectivity index (χ4n) is 0.622. The first-order valence-electron chi connectivity index (χ1n) is 2.79. The summed E-state index contributed by atoms with van der Waals surface area (Å²) in [5.41, 5.74) is 0. The van der Waals surface area contributed by atoms with Crippen molar-refractivity contribution in [3.05, 3.63) is 0 Å². The third-order valence-electron chi connectivity index (χ3n) is 1.41. The molecule has 0 aromatic heterocycles. The predicted molar refractivity (Wildman–Crippen MR) is 30.7 cm³/mol. The molecule has 0 aliphatic heterocycles. The Balaban J connectivity index is 2.35. The van der Waals surface area contributed by atoms with Gasteiger partial charge < -0.3 is 0 Å². The van der Waals surface area contributed by atoms with Crippen LogP contribution in [0.1, 0.15) is 20.3 Å². The Morgan fingerprint density at radius 3 is 2.14 bits per heavy atom. The molecule has 0 amide bonds. The molecule has 1 rings (SSSR count). The maximum atomic E-state index is 3.09. The molecule has 38 valence electrons. The van der Waals surface area contributed by atoms with Crippen LogP contribution in [0.25, 0.3) is 0 Å². The molecule has 1 aliphatic carbocycles. The van der Waals surface area contributed by atoms with E-state index < -0.39 is 0 Å². The molecule has 0 aromatic carbocycles. The van der Waals surface area contributed by atoms with Crippen molar-refractivity contribution in [2.24, 2.45) is 11.8 Å². The third kappa shape index (κ3) is 0.771. The van der Waals surface area contributed by atoms with Crippen LogP contribution in [0.5, 0.6) is 0 Å². The predicted octanol–water partition coefficient (Wildman–Crippen LogP) is 1.67. The van der Waals surface area contributed by atoms with E-state index in [9.17, 15) is 0 Å². The number of hydrogen-bond acceptors (Lipinski definition) is 0. The molecular formula is C7H10. The van der Waals surface area contributed by atoms with Crippen molar-refractivity contribution in [3.8, 4) is 11.8 Å². The first kappa shape index (κ1) is 4.71. The summed E-state index contributed by atoms with van der Waals surface area (Å²) in [7, 11) is 0. The lowest BCUT2D eigenvalue weighted by Crippen LogP contribution is -2.10. The highest BCUT2D eigenvalue weighted by atomic mass is 14.1. The van der Waals surface area contributed by atoms with Crippen LogP contribution in [0.3, 0.4) is 0 Å². The van der Waals surface area contributed by atoms with Crippen LogP contribution in [-0.2, 0) is 0 Å². The van der Waals surface area contributed by atoms with E-state index in [1.54, 1.807) is 0 Å². The summed E-state index contributed by atoms with van der Waals surface area (Å²) in [5.74, 6) is 7.59. The van der Waals surface area contributed by atoms with Crippen molar-refractivity contribution >= 4 is 0 Å². The van der Waals surface area contributed by atoms with Gasteiger partial charge in [0.1, 0.15) is 0 Å². The van der Waals surface area contributed by atoms with Crippen molar-refractivity contribution in [2.75, 3.05) is 0 Å². The Morgan fingerprint density at radius 2 is 2.14 bits per heavy atom. The van der Waals surface area contributed by atoms with Gasteiger partial charge in [-0.15, -0.1) is 5.92 Å². The average Bonchev–Trinajstić information content (AvgIpc) is 1.23. The second-order valence-electron chi connectivity index (χ2n) is 2.38. The van der Waals surface area contributed by atoms with E-state index in [0.717, 1.165) is 18.3 Å². The Labute approximate surface area is 44.9 Å². The van der Waals surface area contributed by atoms with Crippen LogP contribution in [0, 0.1) is 23.7 Å². The molecule has 0 saturated heterocycles. The minimum absolute atomic E-state index is 0.722. The summed E-state index contributed by atoms with van der Waals surface area (Å²) in [6.07, 6.45) is 1.14. The van der Waals surface area contributed by atoms with Gasteiger partial charge in [-0.05, 0) is 5.92 Å². The van der Waals surface area contributed by atoms with Crippen LogP contribution in [0.2, 0.25) is 0 Å². The summed E-state index contributed by atoms with van der Waals surface area (Å²) in [4.78, 5) is 0. The third-order valence-corrected chi connectivity index (χ3v) is 1.41. The molecule has 0 spiro atoms. The van der Waals surface area contributed by atoms with Gasteiger partial charge in [0.05, 0.1) is 0 Å². The van der Waals surface area contributed by atoms with Gasteiger partial charge in [-0.2, -0.15) is 0 Å². The highest BCUT2D eigenvalue weighted by Gasteiger charge is 2.12. The van der Waals surface area contributed by atoms with Crippen molar-refractivity contribution in [2.45, 2.75) is 20.3 Å². The zero-order chi connectivity index (χ0) is 5.28. The highest BCUT2D eigenvalue weighted by Crippen LogP contribution is 2.18. The molecule has 1 atom stereocenters. The largest absolute Gasteiger partial charge is 0.102 e. The normalized spacial score (nSPS) is 25.9. The Morgan fingerprint density at radius 1 is 1.57 bits per heavy atom. The molecule has 0 N–H and O–H groups in total. The molecular weight excluding hydrogens is 84.1 g/mol. The van der Waals surface area contributed by atoms with Crippen LogP contribution in [0.4, 0.5) is 0 Å². The quantitative estimate of drug-likeness (QED) is 0.433. The minimum atomic E-state index is 0.722. The van der Waals surface area contributed by atoms with E-state index in [1.807, 2.05) is 0 Å². The zero-order valence-corrected chi connectivity index (χ0v) is 4.86. The maximum absolute atomic E-state index is 3.09. The van der Waals surface area contributed by atoms with Crippen LogP contribution >= 0.6 is 0 Å². The lowest BCUT2D eigenvalue weighted by molar-refractivity contribution is 0.472. The number of rotatable bonds is 1. The van der Waals surface area contributed by atoms with E-state index >= 15 is 0 Å². The minimum Gasteiger partial charge on any atom is -0.102 e. The molecule has 7 heavy (non-hydrogen) atoms. The highest BCUT2D eigenvalue weighted by molar-refractivity contribution is 5.17. The molecule has 1 unspecified atom stereocenters. The lowest BCUT2D eigenvalue weighted by Gasteiger charge is -2.15. The molecule has 0 radical (unpaired) electrons. The molecule has 0 heterocycles. The summed E-state index contributed by atoms with van der Waals surface area (Å²) in [6.45, 7) is 4.44.